The molecule has 0 aliphatic rings. The summed E-state index contributed by atoms with van der Waals surface area (Å²) in [5.74, 6) is 0.513. The Balaban J connectivity index is 2.26. The average Bonchev–Trinajstić information content (AvgIpc) is 2.35. The average molecular weight is 236 g/mol. The Morgan fingerprint density at radius 3 is 2.59 bits per heavy atom. The summed E-state index contributed by atoms with van der Waals surface area (Å²) in [5.41, 5.74) is 1.03. The fourth-order valence-electron chi connectivity index (χ4n) is 1.33. The normalized spacial score (nSPS) is 12.1. The third-order valence-corrected chi connectivity index (χ3v) is 2.78. The van der Waals surface area contributed by atoms with Crippen molar-refractivity contribution in [3.8, 4) is 5.75 Å². The van der Waals surface area contributed by atoms with Gasteiger partial charge in [-0.2, -0.15) is 0 Å². The lowest BCUT2D eigenvalue weighted by Gasteiger charge is -2.09. The number of hydrogen-bond acceptors (Lipinski definition) is 3. The van der Waals surface area contributed by atoms with Gasteiger partial charge in [0.05, 0.1) is 6.61 Å². The van der Waals surface area contributed by atoms with Crippen molar-refractivity contribution in [2.75, 3.05) is 6.61 Å². The molecular weight excluding hydrogens is 216 g/mol. The van der Waals surface area contributed by atoms with Gasteiger partial charge < -0.3 is 9.84 Å². The standard InChI is InChI=1S/C14H20O3/c1-3-11(2)10-17-14(16)9-6-12-4-7-13(15)8-5-12/h4-5,7-8,11,15H,3,6,9-10H2,1-2H3/t11-/m0/s1. The zero-order chi connectivity index (χ0) is 12.7. The number of hydrogen-bond donors (Lipinski definition) is 1. The molecule has 0 amide bonds. The van der Waals surface area contributed by atoms with Crippen molar-refractivity contribution < 1.29 is 14.6 Å². The summed E-state index contributed by atoms with van der Waals surface area (Å²) in [7, 11) is 0. The van der Waals surface area contributed by atoms with Crippen molar-refractivity contribution in [3.05, 3.63) is 29.8 Å². The Labute approximate surface area is 102 Å². The van der Waals surface area contributed by atoms with Crippen LogP contribution in [0, 0.1) is 5.92 Å². The fraction of sp³-hybridized carbons (Fsp3) is 0.500. The molecule has 1 atom stereocenters. The molecule has 17 heavy (non-hydrogen) atoms. The number of esters is 1. The number of ether oxygens (including phenoxy) is 1. The number of carbonyl (C=O) groups excluding carboxylic acids is 1. The number of carbonyl (C=O) groups is 1. The highest BCUT2D eigenvalue weighted by Gasteiger charge is 2.06. The zero-order valence-electron chi connectivity index (χ0n) is 10.5. The van der Waals surface area contributed by atoms with Crippen LogP contribution in [0.2, 0.25) is 0 Å². The molecule has 0 aromatic heterocycles. The highest BCUT2D eigenvalue weighted by atomic mass is 16.5. The number of benzene rings is 1. The van der Waals surface area contributed by atoms with Gasteiger partial charge in [0.25, 0.3) is 0 Å². The first-order chi connectivity index (χ1) is 8.11. The first-order valence-electron chi connectivity index (χ1n) is 6.05. The maximum Gasteiger partial charge on any atom is 0.306 e. The van der Waals surface area contributed by atoms with Crippen LogP contribution in [0.15, 0.2) is 24.3 Å². The van der Waals surface area contributed by atoms with Crippen molar-refractivity contribution in [2.45, 2.75) is 33.1 Å². The molecule has 0 unspecified atom stereocenters. The SMILES string of the molecule is CC[C@H](C)COC(=O)CCc1ccc(O)cc1. The first-order valence-corrected chi connectivity index (χ1v) is 6.05. The molecule has 1 aromatic carbocycles. The van der Waals surface area contributed by atoms with Crippen LogP contribution in [0.5, 0.6) is 5.75 Å². The van der Waals surface area contributed by atoms with E-state index in [9.17, 15) is 4.79 Å². The minimum Gasteiger partial charge on any atom is -0.508 e. The number of rotatable bonds is 6. The smallest absolute Gasteiger partial charge is 0.306 e. The lowest BCUT2D eigenvalue weighted by molar-refractivity contribution is -0.144. The number of aromatic hydroxyl groups is 1. The Kier molecular flexibility index (Phi) is 5.53. The van der Waals surface area contributed by atoms with Crippen molar-refractivity contribution >= 4 is 5.97 Å². The third kappa shape index (κ3) is 5.38. The van der Waals surface area contributed by atoms with Gasteiger partial charge >= 0.3 is 5.97 Å². The molecule has 0 saturated heterocycles. The van der Waals surface area contributed by atoms with Crippen LogP contribution >= 0.6 is 0 Å². The van der Waals surface area contributed by atoms with Gasteiger partial charge in [0.1, 0.15) is 5.75 Å². The molecule has 3 heteroatoms. The second kappa shape index (κ2) is 6.94. The molecule has 3 nitrogen and oxygen atoms in total. The van der Waals surface area contributed by atoms with Gasteiger partial charge in [-0.25, -0.2) is 0 Å². The molecule has 0 aliphatic carbocycles. The molecule has 0 fully saturated rings. The Bertz CT molecular complexity index is 343. The van der Waals surface area contributed by atoms with E-state index in [1.807, 2.05) is 12.1 Å². The monoisotopic (exact) mass is 236 g/mol. The summed E-state index contributed by atoms with van der Waals surface area (Å²) in [5, 5.41) is 9.11. The highest BCUT2D eigenvalue weighted by Crippen LogP contribution is 2.11. The maximum atomic E-state index is 11.4. The largest absolute Gasteiger partial charge is 0.508 e. The van der Waals surface area contributed by atoms with Gasteiger partial charge in [-0.05, 0) is 30.0 Å². The summed E-state index contributed by atoms with van der Waals surface area (Å²) in [6.45, 7) is 4.65. The maximum absolute atomic E-state index is 11.4. The van der Waals surface area contributed by atoms with Crippen LogP contribution in [-0.4, -0.2) is 17.7 Å². The molecule has 94 valence electrons. The van der Waals surface area contributed by atoms with Gasteiger partial charge in [-0.1, -0.05) is 32.4 Å². The van der Waals surface area contributed by atoms with Crippen LogP contribution in [0.1, 0.15) is 32.3 Å². The van der Waals surface area contributed by atoms with Gasteiger partial charge in [0, 0.05) is 6.42 Å². The fourth-order valence-corrected chi connectivity index (χ4v) is 1.33. The summed E-state index contributed by atoms with van der Waals surface area (Å²) in [6, 6.07) is 6.88. The molecule has 0 aliphatic heterocycles. The van der Waals surface area contributed by atoms with Crippen LogP contribution in [0.4, 0.5) is 0 Å². The van der Waals surface area contributed by atoms with E-state index in [1.54, 1.807) is 12.1 Å². The van der Waals surface area contributed by atoms with E-state index in [4.69, 9.17) is 9.84 Å². The molecule has 1 N–H and O–H groups in total. The topological polar surface area (TPSA) is 46.5 Å². The summed E-state index contributed by atoms with van der Waals surface area (Å²) in [6.07, 6.45) is 2.06. The molecular formula is C14H20O3. The van der Waals surface area contributed by atoms with Gasteiger partial charge in [-0.15, -0.1) is 0 Å². The molecule has 1 rings (SSSR count). The van der Waals surface area contributed by atoms with Crippen LogP contribution in [-0.2, 0) is 16.0 Å². The molecule has 0 bridgehead atoms. The lowest BCUT2D eigenvalue weighted by Crippen LogP contribution is -2.11. The first kappa shape index (κ1) is 13.6. The minimum absolute atomic E-state index is 0.154. The predicted molar refractivity (Wildman–Crippen MR) is 66.8 cm³/mol. The molecule has 0 heterocycles. The Hall–Kier alpha value is -1.51. The van der Waals surface area contributed by atoms with Crippen LogP contribution in [0.3, 0.4) is 0 Å². The second-order valence-corrected chi connectivity index (χ2v) is 4.36. The van der Waals surface area contributed by atoms with Crippen LogP contribution < -0.4 is 0 Å². The Morgan fingerprint density at radius 2 is 2.00 bits per heavy atom. The van der Waals surface area contributed by atoms with E-state index in [0.29, 0.717) is 25.4 Å². The molecule has 1 aromatic rings. The van der Waals surface area contributed by atoms with Crippen molar-refractivity contribution in [1.82, 2.24) is 0 Å². The van der Waals surface area contributed by atoms with Gasteiger partial charge in [0.15, 0.2) is 0 Å². The zero-order valence-corrected chi connectivity index (χ0v) is 10.5. The van der Waals surface area contributed by atoms with E-state index in [1.165, 1.54) is 0 Å². The predicted octanol–water partition coefficient (Wildman–Crippen LogP) is 2.91. The van der Waals surface area contributed by atoms with E-state index >= 15 is 0 Å². The van der Waals surface area contributed by atoms with Crippen LogP contribution in [0.25, 0.3) is 0 Å². The van der Waals surface area contributed by atoms with Crippen molar-refractivity contribution in [1.29, 1.82) is 0 Å². The lowest BCUT2D eigenvalue weighted by atomic mass is 10.1. The van der Waals surface area contributed by atoms with Gasteiger partial charge in [-0.3, -0.25) is 4.79 Å². The molecule has 0 saturated carbocycles. The molecule has 0 spiro atoms. The van der Waals surface area contributed by atoms with Crippen molar-refractivity contribution in [2.24, 2.45) is 5.92 Å². The number of phenols is 1. The number of aryl methyl sites for hydroxylation is 1. The van der Waals surface area contributed by atoms with E-state index in [-0.39, 0.29) is 11.7 Å². The second-order valence-electron chi connectivity index (χ2n) is 4.36. The number of phenolic OH excluding ortho intramolecular Hbond substituents is 1. The quantitative estimate of drug-likeness (QED) is 0.772. The third-order valence-electron chi connectivity index (χ3n) is 2.78. The summed E-state index contributed by atoms with van der Waals surface area (Å²) >= 11 is 0. The minimum atomic E-state index is -0.154. The summed E-state index contributed by atoms with van der Waals surface area (Å²) < 4.78 is 5.15. The van der Waals surface area contributed by atoms with Gasteiger partial charge in [0.2, 0.25) is 0 Å². The van der Waals surface area contributed by atoms with E-state index < -0.39 is 0 Å². The Morgan fingerprint density at radius 1 is 1.35 bits per heavy atom. The summed E-state index contributed by atoms with van der Waals surface area (Å²) in [4.78, 5) is 11.4. The highest BCUT2D eigenvalue weighted by molar-refractivity contribution is 5.69. The van der Waals surface area contributed by atoms with E-state index in [2.05, 4.69) is 13.8 Å². The van der Waals surface area contributed by atoms with Crippen molar-refractivity contribution in [3.63, 3.8) is 0 Å². The molecule has 0 radical (unpaired) electrons. The van der Waals surface area contributed by atoms with E-state index in [0.717, 1.165) is 12.0 Å².